The van der Waals surface area contributed by atoms with Crippen LogP contribution in [0, 0.1) is 10.8 Å². The zero-order chi connectivity index (χ0) is 19.2. The van der Waals surface area contributed by atoms with E-state index in [-0.39, 0.29) is 0 Å². The Hall–Kier alpha value is -0.980. The number of phenolic OH excluding ortho intramolecular Hbond substituents is 1. The smallest absolute Gasteiger partial charge is 0.118 e. The second kappa shape index (κ2) is 9.48. The second-order valence-electron chi connectivity index (χ2n) is 10.4. The summed E-state index contributed by atoms with van der Waals surface area (Å²) in [6, 6.07) is 6.32. The summed E-state index contributed by atoms with van der Waals surface area (Å²) < 4.78 is 0. The molecule has 0 bridgehead atoms. The predicted octanol–water partition coefficient (Wildman–Crippen LogP) is 7.98. The highest BCUT2D eigenvalue weighted by molar-refractivity contribution is 5.36. The highest BCUT2D eigenvalue weighted by Gasteiger charge is 2.36. The molecule has 2 aliphatic carbocycles. The molecule has 1 aromatic carbocycles. The van der Waals surface area contributed by atoms with Crippen molar-refractivity contribution >= 4 is 0 Å². The Labute approximate surface area is 168 Å². The van der Waals surface area contributed by atoms with Crippen molar-refractivity contribution in [2.45, 2.75) is 117 Å². The number of hydrogen-bond acceptors (Lipinski definition) is 1. The molecular formula is C26H42O. The number of unbranched alkanes of at least 4 members (excludes halogenated alkanes) is 6. The van der Waals surface area contributed by atoms with Gasteiger partial charge in [-0.25, -0.2) is 0 Å². The van der Waals surface area contributed by atoms with Crippen molar-refractivity contribution < 1.29 is 5.11 Å². The Morgan fingerprint density at radius 1 is 0.704 bits per heavy atom. The van der Waals surface area contributed by atoms with Gasteiger partial charge in [-0.3, -0.25) is 0 Å². The van der Waals surface area contributed by atoms with E-state index in [2.05, 4.69) is 26.0 Å². The first-order valence-electron chi connectivity index (χ1n) is 11.8. The van der Waals surface area contributed by atoms with Crippen LogP contribution in [0.3, 0.4) is 0 Å². The van der Waals surface area contributed by atoms with Crippen LogP contribution in [0.25, 0.3) is 0 Å². The molecule has 3 rings (SSSR count). The fourth-order valence-corrected chi connectivity index (χ4v) is 4.38. The minimum Gasteiger partial charge on any atom is -0.508 e. The topological polar surface area (TPSA) is 20.2 Å². The lowest BCUT2D eigenvalue weighted by Crippen LogP contribution is -1.94. The van der Waals surface area contributed by atoms with Crippen LogP contribution in [0.2, 0.25) is 0 Å². The van der Waals surface area contributed by atoms with E-state index in [1.54, 1.807) is 0 Å². The van der Waals surface area contributed by atoms with E-state index >= 15 is 0 Å². The molecule has 2 aliphatic rings. The number of phenols is 1. The minimum atomic E-state index is 0.502. The second-order valence-corrected chi connectivity index (χ2v) is 10.4. The molecule has 0 unspecified atom stereocenters. The zero-order valence-corrected chi connectivity index (χ0v) is 18.0. The minimum absolute atomic E-state index is 0.502. The molecule has 0 amide bonds. The molecule has 0 radical (unpaired) electrons. The Balaban J connectivity index is 1.27. The van der Waals surface area contributed by atoms with E-state index < -0.39 is 0 Å². The molecule has 0 spiro atoms. The molecule has 0 atom stereocenters. The van der Waals surface area contributed by atoms with Crippen LogP contribution in [0.15, 0.2) is 18.2 Å². The first kappa shape index (κ1) is 20.7. The molecule has 1 aromatic rings. The van der Waals surface area contributed by atoms with E-state index in [9.17, 15) is 5.11 Å². The van der Waals surface area contributed by atoms with Crippen molar-refractivity contribution in [1.82, 2.24) is 0 Å². The third-order valence-corrected chi connectivity index (χ3v) is 7.32. The van der Waals surface area contributed by atoms with Crippen molar-refractivity contribution in [2.75, 3.05) is 0 Å². The van der Waals surface area contributed by atoms with Crippen LogP contribution in [-0.2, 0) is 12.8 Å². The summed E-state index contributed by atoms with van der Waals surface area (Å²) in [5.74, 6) is 0.502. The molecular weight excluding hydrogens is 328 g/mol. The van der Waals surface area contributed by atoms with Crippen molar-refractivity contribution in [3.63, 3.8) is 0 Å². The molecule has 2 saturated carbocycles. The SMILES string of the molecule is CC1(CCCCCCc2ccc(O)c(CCCCCCC3(C)CC3)c2)CC1. The normalized spacial score (nSPS) is 19.2. The lowest BCUT2D eigenvalue weighted by atomic mass is 9.97. The third-order valence-electron chi connectivity index (χ3n) is 7.32. The molecule has 152 valence electrons. The van der Waals surface area contributed by atoms with Gasteiger partial charge < -0.3 is 5.11 Å². The highest BCUT2D eigenvalue weighted by Crippen LogP contribution is 2.49. The van der Waals surface area contributed by atoms with E-state index in [1.165, 1.54) is 107 Å². The van der Waals surface area contributed by atoms with E-state index in [4.69, 9.17) is 0 Å². The Kier molecular flexibility index (Phi) is 7.29. The zero-order valence-electron chi connectivity index (χ0n) is 18.0. The summed E-state index contributed by atoms with van der Waals surface area (Å²) in [5.41, 5.74) is 4.02. The van der Waals surface area contributed by atoms with Crippen molar-refractivity contribution in [2.24, 2.45) is 10.8 Å². The molecule has 2 fully saturated rings. The van der Waals surface area contributed by atoms with Gasteiger partial charge in [0.05, 0.1) is 0 Å². The van der Waals surface area contributed by atoms with Gasteiger partial charge in [-0.1, -0.05) is 64.5 Å². The van der Waals surface area contributed by atoms with Gasteiger partial charge in [0.2, 0.25) is 0 Å². The highest BCUT2D eigenvalue weighted by atomic mass is 16.3. The van der Waals surface area contributed by atoms with Crippen molar-refractivity contribution in [3.05, 3.63) is 29.3 Å². The van der Waals surface area contributed by atoms with E-state index in [0.717, 1.165) is 11.8 Å². The summed E-state index contributed by atoms with van der Waals surface area (Å²) in [6.45, 7) is 4.88. The largest absolute Gasteiger partial charge is 0.508 e. The molecule has 1 nitrogen and oxygen atoms in total. The summed E-state index contributed by atoms with van der Waals surface area (Å²) in [4.78, 5) is 0. The van der Waals surface area contributed by atoms with Gasteiger partial charge in [0.15, 0.2) is 0 Å². The van der Waals surface area contributed by atoms with Crippen molar-refractivity contribution in [1.29, 1.82) is 0 Å². The van der Waals surface area contributed by atoms with Gasteiger partial charge in [-0.15, -0.1) is 0 Å². The average molecular weight is 371 g/mol. The van der Waals surface area contributed by atoms with Gasteiger partial charge >= 0.3 is 0 Å². The first-order chi connectivity index (χ1) is 13.0. The van der Waals surface area contributed by atoms with Crippen LogP contribution >= 0.6 is 0 Å². The van der Waals surface area contributed by atoms with E-state index in [0.29, 0.717) is 11.2 Å². The number of benzene rings is 1. The number of rotatable bonds is 14. The van der Waals surface area contributed by atoms with Crippen molar-refractivity contribution in [3.8, 4) is 5.75 Å². The summed E-state index contributed by atoms with van der Waals surface area (Å²) in [5, 5.41) is 10.2. The Morgan fingerprint density at radius 3 is 1.78 bits per heavy atom. The summed E-state index contributed by atoms with van der Waals surface area (Å²) in [7, 11) is 0. The average Bonchev–Trinajstić information content (AvgIpc) is 3.56. The molecule has 0 saturated heterocycles. The van der Waals surface area contributed by atoms with Crippen LogP contribution in [0.4, 0.5) is 0 Å². The maximum absolute atomic E-state index is 10.2. The molecule has 1 heteroatoms. The molecule has 0 heterocycles. The third kappa shape index (κ3) is 7.51. The standard InChI is InChI=1S/C26H42O/c1-25(17-18-25)15-9-5-3-7-11-22-13-14-24(27)23(21-22)12-8-4-6-10-16-26(2)19-20-26/h13-14,21,27H,3-12,15-20H2,1-2H3. The molecule has 27 heavy (non-hydrogen) atoms. The predicted molar refractivity (Wildman–Crippen MR) is 116 cm³/mol. The molecule has 0 aromatic heterocycles. The quantitative estimate of drug-likeness (QED) is 0.329. The van der Waals surface area contributed by atoms with Gasteiger partial charge in [0.1, 0.15) is 5.75 Å². The maximum atomic E-state index is 10.2. The maximum Gasteiger partial charge on any atom is 0.118 e. The van der Waals surface area contributed by atoms with Gasteiger partial charge in [-0.2, -0.15) is 0 Å². The lowest BCUT2D eigenvalue weighted by Gasteiger charge is -2.10. The fraction of sp³-hybridized carbons (Fsp3) is 0.769. The van der Waals surface area contributed by atoms with Gasteiger partial charge in [0, 0.05) is 0 Å². The number of aryl methyl sites for hydroxylation is 2. The molecule has 0 aliphatic heterocycles. The van der Waals surface area contributed by atoms with Crippen LogP contribution in [0.1, 0.15) is 115 Å². The Bertz CT molecular complexity index is 580. The summed E-state index contributed by atoms with van der Waals surface area (Å²) in [6.07, 6.45) is 21.6. The molecule has 1 N–H and O–H groups in total. The number of aromatic hydroxyl groups is 1. The van der Waals surface area contributed by atoms with Gasteiger partial charge in [0.25, 0.3) is 0 Å². The van der Waals surface area contributed by atoms with E-state index in [1.807, 2.05) is 6.07 Å². The van der Waals surface area contributed by atoms with Crippen LogP contribution in [-0.4, -0.2) is 5.11 Å². The monoisotopic (exact) mass is 370 g/mol. The summed E-state index contributed by atoms with van der Waals surface area (Å²) >= 11 is 0. The Morgan fingerprint density at radius 2 is 1.22 bits per heavy atom. The number of hydrogen-bond donors (Lipinski definition) is 1. The fourth-order valence-electron chi connectivity index (χ4n) is 4.38. The van der Waals surface area contributed by atoms with Gasteiger partial charge in [-0.05, 0) is 92.2 Å². The van der Waals surface area contributed by atoms with Crippen LogP contribution in [0.5, 0.6) is 5.75 Å². The first-order valence-corrected chi connectivity index (χ1v) is 11.8. The van der Waals surface area contributed by atoms with Crippen LogP contribution < -0.4 is 0 Å². The lowest BCUT2D eigenvalue weighted by molar-refractivity contribution is 0.460.